The Morgan fingerprint density at radius 3 is 2.54 bits per heavy atom. The predicted octanol–water partition coefficient (Wildman–Crippen LogP) is 3.24. The number of amides is 1. The number of carbonyl (C=O) groups excluding carboxylic acids is 2. The lowest BCUT2D eigenvalue weighted by atomic mass is 10.1. The summed E-state index contributed by atoms with van der Waals surface area (Å²) in [4.78, 5) is 45.8. The summed E-state index contributed by atoms with van der Waals surface area (Å²) in [6, 6.07) is 10.8. The molecule has 1 N–H and O–H groups in total. The lowest BCUT2D eigenvalue weighted by Gasteiger charge is -2.11. The SMILES string of the molecule is CSc1nc(-c2ccccc2)cc(=O)n1CC(=O)Nc1nc(C)c(C(C)=O)s1. The molecule has 0 atom stereocenters. The zero-order valence-corrected chi connectivity index (χ0v) is 17.2. The van der Waals surface area contributed by atoms with E-state index in [1.807, 2.05) is 30.3 Å². The third kappa shape index (κ3) is 4.37. The summed E-state index contributed by atoms with van der Waals surface area (Å²) in [7, 11) is 0. The molecule has 28 heavy (non-hydrogen) atoms. The van der Waals surface area contributed by atoms with Crippen LogP contribution in [0.4, 0.5) is 5.13 Å². The second-order valence-corrected chi connectivity index (χ2v) is 7.73. The van der Waals surface area contributed by atoms with E-state index in [0.29, 0.717) is 26.6 Å². The zero-order chi connectivity index (χ0) is 20.3. The van der Waals surface area contributed by atoms with Crippen LogP contribution in [0, 0.1) is 6.92 Å². The highest BCUT2D eigenvalue weighted by atomic mass is 32.2. The third-order valence-corrected chi connectivity index (χ3v) is 5.74. The van der Waals surface area contributed by atoms with Gasteiger partial charge in [-0.1, -0.05) is 53.4 Å². The lowest BCUT2D eigenvalue weighted by molar-refractivity contribution is -0.116. The molecule has 0 spiro atoms. The standard InChI is InChI=1S/C19H18N4O3S2/c1-11-17(12(2)24)28-18(20-11)22-15(25)10-23-16(26)9-14(21-19(23)27-3)13-7-5-4-6-8-13/h4-9H,10H2,1-3H3,(H,20,22,25). The van der Waals surface area contributed by atoms with Gasteiger partial charge in [-0.15, -0.1) is 0 Å². The lowest BCUT2D eigenvalue weighted by Crippen LogP contribution is -2.29. The van der Waals surface area contributed by atoms with E-state index >= 15 is 0 Å². The Balaban J connectivity index is 1.83. The van der Waals surface area contributed by atoms with Gasteiger partial charge < -0.3 is 5.32 Å². The third-order valence-electron chi connectivity index (χ3n) is 3.89. The second-order valence-electron chi connectivity index (χ2n) is 5.96. The molecule has 9 heteroatoms. The van der Waals surface area contributed by atoms with Gasteiger partial charge in [-0.25, -0.2) is 9.97 Å². The molecule has 3 aromatic rings. The van der Waals surface area contributed by atoms with E-state index in [1.54, 1.807) is 13.2 Å². The van der Waals surface area contributed by atoms with Crippen LogP contribution in [0.5, 0.6) is 0 Å². The van der Waals surface area contributed by atoms with Gasteiger partial charge in [0, 0.05) is 18.6 Å². The number of ketones is 1. The van der Waals surface area contributed by atoms with E-state index in [4.69, 9.17) is 0 Å². The van der Waals surface area contributed by atoms with Crippen molar-refractivity contribution in [2.75, 3.05) is 11.6 Å². The first-order chi connectivity index (χ1) is 13.4. The molecule has 0 aliphatic carbocycles. The molecule has 0 fully saturated rings. The van der Waals surface area contributed by atoms with Crippen molar-refractivity contribution in [3.8, 4) is 11.3 Å². The largest absolute Gasteiger partial charge is 0.300 e. The number of nitrogens with zero attached hydrogens (tertiary/aromatic N) is 3. The quantitative estimate of drug-likeness (QED) is 0.378. The molecule has 2 aromatic heterocycles. The van der Waals surface area contributed by atoms with Gasteiger partial charge >= 0.3 is 0 Å². The maximum absolute atomic E-state index is 12.6. The molecule has 1 aromatic carbocycles. The number of hydrogen-bond donors (Lipinski definition) is 1. The van der Waals surface area contributed by atoms with Crippen molar-refractivity contribution < 1.29 is 9.59 Å². The number of thioether (sulfide) groups is 1. The van der Waals surface area contributed by atoms with Crippen LogP contribution in [0.25, 0.3) is 11.3 Å². The Morgan fingerprint density at radius 1 is 1.21 bits per heavy atom. The molecule has 0 unspecified atom stereocenters. The molecule has 0 radical (unpaired) electrons. The number of benzene rings is 1. The molecule has 0 aliphatic rings. The number of rotatable bonds is 6. The highest BCUT2D eigenvalue weighted by molar-refractivity contribution is 7.98. The highest BCUT2D eigenvalue weighted by Crippen LogP contribution is 2.23. The molecule has 0 aliphatic heterocycles. The minimum Gasteiger partial charge on any atom is -0.300 e. The maximum atomic E-state index is 12.6. The molecule has 0 saturated carbocycles. The Hall–Kier alpha value is -2.78. The van der Waals surface area contributed by atoms with Crippen molar-refractivity contribution in [2.45, 2.75) is 25.5 Å². The molecule has 1 amide bonds. The Morgan fingerprint density at radius 2 is 1.93 bits per heavy atom. The fourth-order valence-electron chi connectivity index (χ4n) is 2.62. The van der Waals surface area contributed by atoms with E-state index in [1.165, 1.54) is 29.3 Å². The fraction of sp³-hybridized carbons (Fsp3) is 0.211. The van der Waals surface area contributed by atoms with Crippen LogP contribution in [0.15, 0.2) is 46.3 Å². The molecule has 0 saturated heterocycles. The monoisotopic (exact) mass is 414 g/mol. The highest BCUT2D eigenvalue weighted by Gasteiger charge is 2.16. The number of carbonyl (C=O) groups is 2. The molecular weight excluding hydrogens is 396 g/mol. The number of thiazole rings is 1. The Kier molecular flexibility index (Phi) is 6.05. The summed E-state index contributed by atoms with van der Waals surface area (Å²) < 4.78 is 1.32. The Labute approximate surface area is 169 Å². The van der Waals surface area contributed by atoms with E-state index in [-0.39, 0.29) is 17.9 Å². The van der Waals surface area contributed by atoms with Gasteiger partial charge in [0.1, 0.15) is 6.54 Å². The second kappa shape index (κ2) is 8.49. The number of Topliss-reactive ketones (excluding diaryl/α,β-unsaturated/α-hetero) is 1. The summed E-state index contributed by atoms with van der Waals surface area (Å²) in [5, 5.41) is 3.43. The van der Waals surface area contributed by atoms with E-state index < -0.39 is 5.91 Å². The van der Waals surface area contributed by atoms with Crippen molar-refractivity contribution in [3.63, 3.8) is 0 Å². The van der Waals surface area contributed by atoms with Crippen molar-refractivity contribution in [3.05, 3.63) is 57.3 Å². The van der Waals surface area contributed by atoms with Gasteiger partial charge in [0.05, 0.1) is 16.3 Å². The molecular formula is C19H18N4O3S2. The molecule has 2 heterocycles. The fourth-order valence-corrected chi connectivity index (χ4v) is 4.06. The van der Waals surface area contributed by atoms with E-state index in [9.17, 15) is 14.4 Å². The van der Waals surface area contributed by atoms with Crippen molar-refractivity contribution >= 4 is 39.9 Å². The number of anilines is 1. The number of hydrogen-bond acceptors (Lipinski definition) is 7. The van der Waals surface area contributed by atoms with Crippen molar-refractivity contribution in [1.29, 1.82) is 0 Å². The van der Waals surface area contributed by atoms with Gasteiger partial charge in [-0.05, 0) is 13.2 Å². The zero-order valence-electron chi connectivity index (χ0n) is 15.6. The van der Waals surface area contributed by atoms with Gasteiger partial charge in [0.25, 0.3) is 5.56 Å². The van der Waals surface area contributed by atoms with Crippen LogP contribution < -0.4 is 10.9 Å². The van der Waals surface area contributed by atoms with Gasteiger partial charge in [-0.3, -0.25) is 19.0 Å². The van der Waals surface area contributed by atoms with E-state index in [0.717, 1.165) is 16.9 Å². The first kappa shape index (κ1) is 20.0. The first-order valence-corrected chi connectivity index (χ1v) is 10.4. The summed E-state index contributed by atoms with van der Waals surface area (Å²) in [5.74, 6) is -0.507. The van der Waals surface area contributed by atoms with Crippen LogP contribution in [0.1, 0.15) is 22.3 Å². The molecule has 0 bridgehead atoms. The van der Waals surface area contributed by atoms with Crippen LogP contribution in [-0.4, -0.2) is 32.5 Å². The van der Waals surface area contributed by atoms with Crippen LogP contribution >= 0.6 is 23.1 Å². The summed E-state index contributed by atoms with van der Waals surface area (Å²) in [5.41, 5.74) is 1.66. The molecule has 144 valence electrons. The average Bonchev–Trinajstić information content (AvgIpc) is 3.04. The number of aromatic nitrogens is 3. The first-order valence-electron chi connectivity index (χ1n) is 8.38. The predicted molar refractivity (Wildman–Crippen MR) is 111 cm³/mol. The van der Waals surface area contributed by atoms with Crippen LogP contribution in [0.3, 0.4) is 0 Å². The van der Waals surface area contributed by atoms with Gasteiger partial charge in [0.2, 0.25) is 5.91 Å². The molecule has 3 rings (SSSR count). The van der Waals surface area contributed by atoms with Crippen LogP contribution in [-0.2, 0) is 11.3 Å². The van der Waals surface area contributed by atoms with E-state index in [2.05, 4.69) is 15.3 Å². The minimum atomic E-state index is -0.407. The number of nitrogens with one attached hydrogen (secondary N) is 1. The van der Waals surface area contributed by atoms with Gasteiger partial charge in [-0.2, -0.15) is 0 Å². The smallest absolute Gasteiger partial charge is 0.255 e. The minimum absolute atomic E-state index is 0.0999. The summed E-state index contributed by atoms with van der Waals surface area (Å²) in [6.07, 6.45) is 1.80. The molecule has 7 nitrogen and oxygen atoms in total. The van der Waals surface area contributed by atoms with Crippen molar-refractivity contribution in [2.24, 2.45) is 0 Å². The topological polar surface area (TPSA) is 93.9 Å². The summed E-state index contributed by atoms with van der Waals surface area (Å²) >= 11 is 2.41. The number of aryl methyl sites for hydroxylation is 1. The summed E-state index contributed by atoms with van der Waals surface area (Å²) in [6.45, 7) is 2.98. The Bertz CT molecular complexity index is 1090. The average molecular weight is 415 g/mol. The van der Waals surface area contributed by atoms with Crippen molar-refractivity contribution in [1.82, 2.24) is 14.5 Å². The van der Waals surface area contributed by atoms with Gasteiger partial charge in [0.15, 0.2) is 16.1 Å². The normalized spacial score (nSPS) is 10.7. The maximum Gasteiger partial charge on any atom is 0.255 e. The van der Waals surface area contributed by atoms with Crippen LogP contribution in [0.2, 0.25) is 0 Å².